The number of morpholine rings is 1. The van der Waals surface area contributed by atoms with Gasteiger partial charge in [-0.15, -0.1) is 0 Å². The maximum Gasteiger partial charge on any atom is 0.229 e. The molecule has 4 aromatic rings. The molecule has 73 heavy (non-hydrogen) atoms. The number of fused-ring (bicyclic) bond motifs is 2. The molecular weight excluding hydrogens is 970 g/mol. The number of rotatable bonds is 18. The number of nitrogens with one attached hydrogen (secondary N) is 4. The molecule has 0 spiro atoms. The number of hydrogen-bond acceptors (Lipinski definition) is 22. The van der Waals surface area contributed by atoms with Crippen LogP contribution in [0.5, 0.6) is 0 Å². The summed E-state index contributed by atoms with van der Waals surface area (Å²) in [5, 5.41) is 14.5. The van der Waals surface area contributed by atoms with E-state index >= 15 is 0 Å². The Labute approximate surface area is 442 Å². The summed E-state index contributed by atoms with van der Waals surface area (Å²) in [6.45, 7) is 27.4. The van der Waals surface area contributed by atoms with Crippen LogP contribution in [0.15, 0.2) is 0 Å². The lowest BCUT2D eigenvalue weighted by Crippen LogP contribution is -2.45. The van der Waals surface area contributed by atoms with Gasteiger partial charge >= 0.3 is 0 Å². The van der Waals surface area contributed by atoms with Crippen LogP contribution in [-0.2, 0) is 4.74 Å². The van der Waals surface area contributed by atoms with Gasteiger partial charge < -0.3 is 50.5 Å². The molecule has 0 atom stereocenters. The fourth-order valence-corrected chi connectivity index (χ4v) is 10.5. The highest BCUT2D eigenvalue weighted by molar-refractivity contribution is 6.32. The Balaban J connectivity index is 0.000000180. The van der Waals surface area contributed by atoms with E-state index in [4.69, 9.17) is 62.8 Å². The van der Waals surface area contributed by atoms with Gasteiger partial charge in [-0.25, -0.2) is 19.9 Å². The number of likely N-dealkylation sites (N-methyl/N-ethyl adjacent to an activating group) is 3. The highest BCUT2D eigenvalue weighted by Gasteiger charge is 2.23. The molecule has 0 aliphatic carbocycles. The van der Waals surface area contributed by atoms with E-state index in [0.717, 1.165) is 214 Å². The Morgan fingerprint density at radius 2 is 0.699 bits per heavy atom. The molecule has 0 aromatic carbocycles. The van der Waals surface area contributed by atoms with E-state index in [9.17, 15) is 0 Å². The van der Waals surface area contributed by atoms with E-state index in [1.165, 1.54) is 25.7 Å². The molecule has 0 amide bonds. The summed E-state index contributed by atoms with van der Waals surface area (Å²) >= 11 is 13.2. The van der Waals surface area contributed by atoms with Crippen LogP contribution >= 0.6 is 23.2 Å². The highest BCUT2D eigenvalue weighted by atomic mass is 35.5. The maximum absolute atomic E-state index is 6.61. The summed E-state index contributed by atoms with van der Waals surface area (Å²) in [7, 11) is 6.54. The SMILES string of the molecule is CN1CCN(CCNc2nc(N3CCCCC3)nc3nc(NCCN4CCOCC4)c(Cl)nc23)CC1.CN1CCN(CCNc2nc3nc(N4CCCCC4)nc(NCCN4CCN(C)CC4)c3nc2Cl)CC1. The van der Waals surface area contributed by atoms with Crippen molar-refractivity contribution in [3.05, 3.63) is 10.3 Å². The van der Waals surface area contributed by atoms with Gasteiger partial charge in [0.25, 0.3) is 0 Å². The lowest BCUT2D eigenvalue weighted by atomic mass is 10.1. The Hall–Kier alpha value is -4.10. The van der Waals surface area contributed by atoms with Crippen molar-refractivity contribution in [1.29, 1.82) is 0 Å². The fraction of sp³-hybridized carbons (Fsp3) is 0.755. The molecule has 0 unspecified atom stereocenters. The standard InChI is InChI=1S/C25H42ClN11.C24H39ClN10O/c1-33-12-16-35(17-13-33)10-6-27-22-20-23(32-25(31-22)37-8-4-3-5-9-37)30-24(21(26)29-20)28-7-11-36-18-14-34(2)15-19-36;1-32-11-13-33(14-12-32)9-5-26-21-19-22(31-24(30-21)35-7-3-2-4-8-35)29-23(20(25)28-19)27-6-10-34-15-17-36-18-16-34/h3-19H2,1-2H3,(H2,27,28,30,31,32);2-18H2,1H3,(H2,26,27,29,30,31). The largest absolute Gasteiger partial charge is 0.379 e. The fourth-order valence-electron chi connectivity index (χ4n) is 10.1. The van der Waals surface area contributed by atoms with Crippen LogP contribution in [-0.4, -0.2) is 279 Å². The van der Waals surface area contributed by atoms with Gasteiger partial charge in [0.05, 0.1) is 13.2 Å². The Morgan fingerprint density at radius 3 is 1.05 bits per heavy atom. The van der Waals surface area contributed by atoms with Crippen molar-refractivity contribution >= 4 is 80.7 Å². The van der Waals surface area contributed by atoms with Crippen LogP contribution in [0.4, 0.5) is 35.2 Å². The van der Waals surface area contributed by atoms with Crippen LogP contribution in [0.25, 0.3) is 22.3 Å². The molecule has 0 saturated carbocycles. The molecule has 6 aliphatic heterocycles. The van der Waals surface area contributed by atoms with Crippen LogP contribution in [0.2, 0.25) is 10.3 Å². The Kier molecular flexibility index (Phi) is 19.9. The monoisotopic (exact) mass is 1050 g/mol. The van der Waals surface area contributed by atoms with Crippen molar-refractivity contribution in [2.75, 3.05) is 236 Å². The van der Waals surface area contributed by atoms with Gasteiger partial charge in [-0.05, 0) is 59.7 Å². The van der Waals surface area contributed by atoms with Gasteiger partial charge in [-0.1, -0.05) is 23.2 Å². The highest BCUT2D eigenvalue weighted by Crippen LogP contribution is 2.29. The van der Waals surface area contributed by atoms with E-state index < -0.39 is 0 Å². The number of nitrogens with zero attached hydrogens (tertiary/aromatic N) is 17. The summed E-state index contributed by atoms with van der Waals surface area (Å²) in [6, 6.07) is 0. The zero-order valence-corrected chi connectivity index (χ0v) is 45.3. The summed E-state index contributed by atoms with van der Waals surface area (Å²) in [4.78, 5) is 59.9. The molecule has 402 valence electrons. The van der Waals surface area contributed by atoms with Crippen molar-refractivity contribution in [3.8, 4) is 0 Å². The van der Waals surface area contributed by atoms with Gasteiger partial charge in [-0.3, -0.25) is 19.6 Å². The lowest BCUT2D eigenvalue weighted by molar-refractivity contribution is 0.0398. The van der Waals surface area contributed by atoms with Crippen molar-refractivity contribution in [2.24, 2.45) is 0 Å². The number of ether oxygens (including phenoxy) is 1. The molecule has 4 aromatic heterocycles. The van der Waals surface area contributed by atoms with Crippen LogP contribution in [0, 0.1) is 0 Å². The second kappa shape index (κ2) is 27.1. The number of piperidine rings is 2. The van der Waals surface area contributed by atoms with E-state index in [2.05, 4.69) is 91.5 Å². The Morgan fingerprint density at radius 1 is 0.370 bits per heavy atom. The van der Waals surface area contributed by atoms with Crippen LogP contribution in [0.3, 0.4) is 0 Å². The maximum atomic E-state index is 6.61. The first kappa shape index (κ1) is 53.7. The molecule has 24 heteroatoms. The number of hydrogen-bond donors (Lipinski definition) is 4. The van der Waals surface area contributed by atoms with E-state index in [1.807, 2.05) is 0 Å². The average molecular weight is 1050 g/mol. The summed E-state index contributed by atoms with van der Waals surface area (Å²) in [6.07, 6.45) is 7.17. The zero-order chi connectivity index (χ0) is 50.4. The lowest BCUT2D eigenvalue weighted by Gasteiger charge is -2.32. The van der Waals surface area contributed by atoms with E-state index in [0.29, 0.717) is 50.1 Å². The summed E-state index contributed by atoms with van der Waals surface area (Å²) in [5.41, 5.74) is 2.42. The predicted octanol–water partition coefficient (Wildman–Crippen LogP) is 2.85. The molecule has 0 radical (unpaired) electrons. The molecule has 6 saturated heterocycles. The minimum Gasteiger partial charge on any atom is -0.379 e. The third-order valence-corrected chi connectivity index (χ3v) is 15.5. The molecule has 0 bridgehead atoms. The minimum absolute atomic E-state index is 0.348. The molecule has 10 heterocycles. The van der Waals surface area contributed by atoms with Gasteiger partial charge in [0.15, 0.2) is 55.9 Å². The van der Waals surface area contributed by atoms with Gasteiger partial charge in [0.1, 0.15) is 0 Å². The van der Waals surface area contributed by atoms with Crippen molar-refractivity contribution in [3.63, 3.8) is 0 Å². The predicted molar refractivity (Wildman–Crippen MR) is 295 cm³/mol. The summed E-state index contributed by atoms with van der Waals surface area (Å²) in [5.74, 6) is 4.05. The van der Waals surface area contributed by atoms with Crippen LogP contribution in [0.1, 0.15) is 38.5 Å². The van der Waals surface area contributed by atoms with Crippen molar-refractivity contribution in [2.45, 2.75) is 38.5 Å². The van der Waals surface area contributed by atoms with Crippen molar-refractivity contribution in [1.82, 2.24) is 74.2 Å². The number of halogens is 2. The number of piperazine rings is 3. The second-order valence-electron chi connectivity index (χ2n) is 20.5. The molecular formula is C49H81Cl2N21O. The molecule has 10 rings (SSSR count). The third-order valence-electron chi connectivity index (χ3n) is 15.0. The third kappa shape index (κ3) is 15.5. The van der Waals surface area contributed by atoms with Crippen LogP contribution < -0.4 is 31.1 Å². The molecule has 6 fully saturated rings. The zero-order valence-electron chi connectivity index (χ0n) is 43.8. The van der Waals surface area contributed by atoms with Gasteiger partial charge in [0.2, 0.25) is 11.9 Å². The first-order valence-electron chi connectivity index (χ1n) is 27.2. The first-order chi connectivity index (χ1) is 35.7. The van der Waals surface area contributed by atoms with Gasteiger partial charge in [0, 0.05) is 170 Å². The second-order valence-corrected chi connectivity index (χ2v) is 21.2. The number of aromatic nitrogens is 8. The number of anilines is 6. The molecule has 6 aliphatic rings. The summed E-state index contributed by atoms with van der Waals surface area (Å²) < 4.78 is 5.44. The topological polar surface area (TPSA) is 190 Å². The Bertz CT molecular complexity index is 2330. The first-order valence-corrected chi connectivity index (χ1v) is 27.9. The quantitative estimate of drug-likeness (QED) is 0.114. The minimum atomic E-state index is 0.348. The van der Waals surface area contributed by atoms with Gasteiger partial charge in [-0.2, -0.15) is 19.9 Å². The van der Waals surface area contributed by atoms with Crippen molar-refractivity contribution < 1.29 is 4.74 Å². The molecule has 22 nitrogen and oxygen atoms in total. The smallest absolute Gasteiger partial charge is 0.229 e. The van der Waals surface area contributed by atoms with E-state index in [-0.39, 0.29) is 0 Å². The molecule has 4 N–H and O–H groups in total. The average Bonchev–Trinajstić information content (AvgIpc) is 3.42. The van der Waals surface area contributed by atoms with E-state index in [1.54, 1.807) is 0 Å². The normalized spacial score (nSPS) is 20.8.